The van der Waals surface area contributed by atoms with Crippen LogP contribution in [-0.4, -0.2) is 13.1 Å². The van der Waals surface area contributed by atoms with Crippen molar-refractivity contribution < 1.29 is 9.53 Å². The van der Waals surface area contributed by atoms with Gasteiger partial charge in [-0.2, -0.15) is 0 Å². The van der Waals surface area contributed by atoms with E-state index in [-0.39, 0.29) is 5.97 Å². The zero-order chi connectivity index (χ0) is 11.4. The van der Waals surface area contributed by atoms with Crippen molar-refractivity contribution in [3.05, 3.63) is 34.4 Å². The molecule has 1 aromatic carbocycles. The van der Waals surface area contributed by atoms with Crippen LogP contribution in [-0.2, 0) is 21.3 Å². The molecule has 15 heavy (non-hydrogen) atoms. The number of ether oxygens (including phenoxy) is 1. The Morgan fingerprint density at radius 3 is 2.60 bits per heavy atom. The average Bonchev–Trinajstić information content (AvgIpc) is 2.25. The summed E-state index contributed by atoms with van der Waals surface area (Å²) in [4.78, 5) is 11.3. The van der Waals surface area contributed by atoms with E-state index in [1.54, 1.807) is 0 Å². The zero-order valence-corrected chi connectivity index (χ0v) is 10.8. The number of halogens is 1. The summed E-state index contributed by atoms with van der Waals surface area (Å²) in [5.74, 6) is -0.189. The van der Waals surface area contributed by atoms with Crippen LogP contribution in [0, 0.1) is 13.8 Å². The van der Waals surface area contributed by atoms with Gasteiger partial charge in [-0.05, 0) is 36.1 Å². The molecule has 0 unspecified atom stereocenters. The molecule has 0 amide bonds. The Labute approximate surface area is 98.8 Å². The Morgan fingerprint density at radius 2 is 2.07 bits per heavy atom. The molecule has 0 atom stereocenters. The lowest BCUT2D eigenvalue weighted by molar-refractivity contribution is -0.139. The number of carbonyl (C=O) groups is 1. The number of hydrogen-bond donors (Lipinski definition) is 0. The zero-order valence-electron chi connectivity index (χ0n) is 9.26. The van der Waals surface area contributed by atoms with Crippen LogP contribution in [0.2, 0.25) is 0 Å². The maximum atomic E-state index is 11.3. The average molecular weight is 271 g/mol. The van der Waals surface area contributed by atoms with Crippen LogP contribution in [0.5, 0.6) is 0 Å². The van der Waals surface area contributed by atoms with Crippen LogP contribution in [0.25, 0.3) is 0 Å². The van der Waals surface area contributed by atoms with E-state index in [0.717, 1.165) is 16.5 Å². The van der Waals surface area contributed by atoms with Crippen LogP contribution in [0.3, 0.4) is 0 Å². The molecule has 0 radical (unpaired) electrons. The highest BCUT2D eigenvalue weighted by Gasteiger charge is 2.11. The molecule has 0 saturated heterocycles. The first kappa shape index (κ1) is 12.2. The molecule has 1 rings (SSSR count). The Hall–Kier alpha value is -0.830. The van der Waals surface area contributed by atoms with E-state index in [1.165, 1.54) is 18.2 Å². The van der Waals surface area contributed by atoms with E-state index in [0.29, 0.717) is 6.42 Å². The predicted molar refractivity (Wildman–Crippen MR) is 64.3 cm³/mol. The summed E-state index contributed by atoms with van der Waals surface area (Å²) in [6.45, 7) is 4.09. The third kappa shape index (κ3) is 2.81. The fourth-order valence-corrected chi connectivity index (χ4v) is 2.04. The highest BCUT2D eigenvalue weighted by molar-refractivity contribution is 9.08. The first-order valence-corrected chi connectivity index (χ1v) is 5.93. The third-order valence-electron chi connectivity index (χ3n) is 2.66. The molecular weight excluding hydrogens is 256 g/mol. The number of esters is 1. The number of methoxy groups -OCH3 is 1. The summed E-state index contributed by atoms with van der Waals surface area (Å²) >= 11 is 3.43. The molecule has 1 aromatic rings. The minimum Gasteiger partial charge on any atom is -0.469 e. The van der Waals surface area contributed by atoms with E-state index in [2.05, 4.69) is 28.1 Å². The molecule has 0 heterocycles. The van der Waals surface area contributed by atoms with Crippen molar-refractivity contribution in [3.8, 4) is 0 Å². The third-order valence-corrected chi connectivity index (χ3v) is 3.26. The minimum absolute atomic E-state index is 0.189. The van der Waals surface area contributed by atoms with Gasteiger partial charge in [0.2, 0.25) is 0 Å². The van der Waals surface area contributed by atoms with Gasteiger partial charge < -0.3 is 4.74 Å². The van der Waals surface area contributed by atoms with Crippen LogP contribution in [0.4, 0.5) is 0 Å². The van der Waals surface area contributed by atoms with Gasteiger partial charge in [-0.3, -0.25) is 4.79 Å². The van der Waals surface area contributed by atoms with Crippen molar-refractivity contribution in [2.45, 2.75) is 25.6 Å². The van der Waals surface area contributed by atoms with Gasteiger partial charge in [0.15, 0.2) is 0 Å². The standard InChI is InChI=1S/C12H15BrO2/c1-8-4-5-10(7-13)11(9(8)2)6-12(14)15-3/h4-5H,6-7H2,1-3H3. The van der Waals surface area contributed by atoms with Gasteiger partial charge in [0.1, 0.15) is 0 Å². The van der Waals surface area contributed by atoms with E-state index in [4.69, 9.17) is 4.74 Å². The molecule has 0 aliphatic heterocycles. The monoisotopic (exact) mass is 270 g/mol. The number of benzene rings is 1. The van der Waals surface area contributed by atoms with Crippen molar-refractivity contribution in [3.63, 3.8) is 0 Å². The molecule has 0 spiro atoms. The van der Waals surface area contributed by atoms with Crippen molar-refractivity contribution in [1.82, 2.24) is 0 Å². The molecule has 82 valence electrons. The number of rotatable bonds is 3. The molecule has 0 saturated carbocycles. The van der Waals surface area contributed by atoms with E-state index in [1.807, 2.05) is 13.8 Å². The predicted octanol–water partition coefficient (Wildman–Crippen LogP) is 2.91. The van der Waals surface area contributed by atoms with Gasteiger partial charge in [0.05, 0.1) is 13.5 Å². The van der Waals surface area contributed by atoms with Crippen LogP contribution < -0.4 is 0 Å². The molecule has 0 aliphatic carbocycles. The van der Waals surface area contributed by atoms with Gasteiger partial charge >= 0.3 is 5.97 Å². The van der Waals surface area contributed by atoms with Gasteiger partial charge in [-0.25, -0.2) is 0 Å². The SMILES string of the molecule is COC(=O)Cc1c(CBr)ccc(C)c1C. The fourth-order valence-electron chi connectivity index (χ4n) is 1.52. The van der Waals surface area contributed by atoms with E-state index in [9.17, 15) is 4.79 Å². The lowest BCUT2D eigenvalue weighted by atomic mass is 9.96. The summed E-state index contributed by atoms with van der Waals surface area (Å²) in [5.41, 5.74) is 4.62. The van der Waals surface area contributed by atoms with Crippen LogP contribution in [0.1, 0.15) is 22.3 Å². The highest BCUT2D eigenvalue weighted by Crippen LogP contribution is 2.21. The lowest BCUT2D eigenvalue weighted by Crippen LogP contribution is -2.08. The molecule has 2 nitrogen and oxygen atoms in total. The van der Waals surface area contributed by atoms with Crippen molar-refractivity contribution in [1.29, 1.82) is 0 Å². The van der Waals surface area contributed by atoms with Crippen molar-refractivity contribution in [2.75, 3.05) is 7.11 Å². The molecule has 0 fully saturated rings. The maximum Gasteiger partial charge on any atom is 0.309 e. The van der Waals surface area contributed by atoms with Gasteiger partial charge in [0.25, 0.3) is 0 Å². The summed E-state index contributed by atoms with van der Waals surface area (Å²) in [5, 5.41) is 0.764. The van der Waals surface area contributed by atoms with Gasteiger partial charge in [0, 0.05) is 5.33 Å². The smallest absolute Gasteiger partial charge is 0.309 e. The number of carbonyl (C=O) groups excluding carboxylic acids is 1. The summed E-state index contributed by atoms with van der Waals surface area (Å²) in [7, 11) is 1.42. The highest BCUT2D eigenvalue weighted by atomic mass is 79.9. The lowest BCUT2D eigenvalue weighted by Gasteiger charge is -2.12. The van der Waals surface area contributed by atoms with Gasteiger partial charge in [-0.15, -0.1) is 0 Å². The Kier molecular flexibility index (Phi) is 4.33. The van der Waals surface area contributed by atoms with E-state index >= 15 is 0 Å². The van der Waals surface area contributed by atoms with Crippen molar-refractivity contribution >= 4 is 21.9 Å². The molecular formula is C12H15BrO2. The summed E-state index contributed by atoms with van der Waals surface area (Å²) in [6, 6.07) is 4.13. The molecule has 0 aromatic heterocycles. The maximum absolute atomic E-state index is 11.3. The van der Waals surface area contributed by atoms with Crippen molar-refractivity contribution in [2.24, 2.45) is 0 Å². The quantitative estimate of drug-likeness (QED) is 0.624. The Morgan fingerprint density at radius 1 is 1.40 bits per heavy atom. The number of aryl methyl sites for hydroxylation is 1. The van der Waals surface area contributed by atoms with Crippen LogP contribution >= 0.6 is 15.9 Å². The largest absolute Gasteiger partial charge is 0.469 e. The Balaban J connectivity index is 3.12. The normalized spacial score (nSPS) is 10.1. The van der Waals surface area contributed by atoms with Gasteiger partial charge in [-0.1, -0.05) is 28.1 Å². The summed E-state index contributed by atoms with van der Waals surface area (Å²) < 4.78 is 4.69. The van der Waals surface area contributed by atoms with Crippen LogP contribution in [0.15, 0.2) is 12.1 Å². The molecule has 0 aliphatic rings. The topological polar surface area (TPSA) is 26.3 Å². The molecule has 0 N–H and O–H groups in total. The molecule has 0 bridgehead atoms. The summed E-state index contributed by atoms with van der Waals surface area (Å²) in [6.07, 6.45) is 0.352. The number of alkyl halides is 1. The first-order chi connectivity index (χ1) is 7.10. The van der Waals surface area contributed by atoms with E-state index < -0.39 is 0 Å². The second-order valence-corrected chi connectivity index (χ2v) is 4.09. The number of hydrogen-bond acceptors (Lipinski definition) is 2. The second-order valence-electron chi connectivity index (χ2n) is 3.53. The molecule has 3 heteroatoms. The fraction of sp³-hybridized carbons (Fsp3) is 0.417. The second kappa shape index (κ2) is 5.31. The minimum atomic E-state index is -0.189. The Bertz CT molecular complexity index is 372. The first-order valence-electron chi connectivity index (χ1n) is 4.81.